The number of aromatic nitrogens is 1. The summed E-state index contributed by atoms with van der Waals surface area (Å²) in [6.45, 7) is 7.43. The smallest absolute Gasteiger partial charge is 0.231 e. The van der Waals surface area contributed by atoms with Gasteiger partial charge in [0.25, 0.3) is 0 Å². The number of ether oxygens (including phenoxy) is 2. The molecule has 2 aliphatic heterocycles. The SMILES string of the molecule is CN=C(NCCc1ccc2c(c1)OCO2)NCC1CCN(Cc2csc(C)n2)CC1. The zero-order valence-corrected chi connectivity index (χ0v) is 18.6. The number of hydrogen-bond acceptors (Lipinski definition) is 6. The van der Waals surface area contributed by atoms with Crippen LogP contribution in [0.25, 0.3) is 0 Å². The number of nitrogens with one attached hydrogen (secondary N) is 2. The molecule has 3 heterocycles. The van der Waals surface area contributed by atoms with Gasteiger partial charge in [0.1, 0.15) is 0 Å². The van der Waals surface area contributed by atoms with Crippen molar-refractivity contribution in [2.45, 2.75) is 32.7 Å². The van der Waals surface area contributed by atoms with Gasteiger partial charge in [-0.05, 0) is 62.9 Å². The molecule has 0 aliphatic carbocycles. The van der Waals surface area contributed by atoms with E-state index in [2.05, 4.69) is 49.9 Å². The Balaban J connectivity index is 1.14. The molecule has 1 saturated heterocycles. The standard InChI is InChI=1S/C22H31N5O2S/c1-16-26-19(14-30-16)13-27-9-6-18(7-10-27)12-25-22(23-2)24-8-5-17-3-4-20-21(11-17)29-15-28-20/h3-4,11,14,18H,5-10,12-13,15H2,1-2H3,(H2,23,24,25). The number of thiazole rings is 1. The van der Waals surface area contributed by atoms with E-state index in [1.807, 2.05) is 13.1 Å². The summed E-state index contributed by atoms with van der Waals surface area (Å²) in [5.74, 6) is 3.23. The van der Waals surface area contributed by atoms with Gasteiger partial charge in [-0.25, -0.2) is 4.98 Å². The minimum atomic E-state index is 0.317. The van der Waals surface area contributed by atoms with Crippen LogP contribution in [0.15, 0.2) is 28.6 Å². The predicted molar refractivity (Wildman–Crippen MR) is 120 cm³/mol. The Labute approximate surface area is 182 Å². The van der Waals surface area contributed by atoms with Crippen LogP contribution >= 0.6 is 11.3 Å². The maximum absolute atomic E-state index is 5.45. The van der Waals surface area contributed by atoms with Crippen LogP contribution in [-0.2, 0) is 13.0 Å². The quantitative estimate of drug-likeness (QED) is 0.521. The summed E-state index contributed by atoms with van der Waals surface area (Å²) < 4.78 is 10.8. The lowest BCUT2D eigenvalue weighted by atomic mass is 9.97. The Morgan fingerprint density at radius 1 is 1.23 bits per heavy atom. The molecule has 0 spiro atoms. The second-order valence-corrected chi connectivity index (χ2v) is 8.96. The molecular formula is C22H31N5O2S. The molecule has 0 unspecified atom stereocenters. The summed E-state index contributed by atoms with van der Waals surface area (Å²) in [7, 11) is 1.83. The molecule has 2 aliphatic rings. The summed E-state index contributed by atoms with van der Waals surface area (Å²) in [6.07, 6.45) is 3.33. The average molecular weight is 430 g/mol. The fourth-order valence-electron chi connectivity index (χ4n) is 3.94. The van der Waals surface area contributed by atoms with Crippen LogP contribution in [0.2, 0.25) is 0 Å². The fourth-order valence-corrected chi connectivity index (χ4v) is 4.55. The molecule has 4 rings (SSSR count). The third-order valence-electron chi connectivity index (χ3n) is 5.68. The lowest BCUT2D eigenvalue weighted by molar-refractivity contribution is 0.174. The van der Waals surface area contributed by atoms with Crippen molar-refractivity contribution in [2.75, 3.05) is 40.0 Å². The highest BCUT2D eigenvalue weighted by atomic mass is 32.1. The third-order valence-corrected chi connectivity index (χ3v) is 6.51. The van der Waals surface area contributed by atoms with Crippen molar-refractivity contribution < 1.29 is 9.47 Å². The zero-order chi connectivity index (χ0) is 20.8. The number of fused-ring (bicyclic) bond motifs is 1. The van der Waals surface area contributed by atoms with Crippen LogP contribution < -0.4 is 20.1 Å². The van der Waals surface area contributed by atoms with E-state index < -0.39 is 0 Å². The summed E-state index contributed by atoms with van der Waals surface area (Å²) in [6, 6.07) is 6.12. The first-order valence-corrected chi connectivity index (χ1v) is 11.5. The average Bonchev–Trinajstić information content (AvgIpc) is 3.39. The molecule has 162 valence electrons. The van der Waals surface area contributed by atoms with Gasteiger partial charge in [-0.3, -0.25) is 9.89 Å². The monoisotopic (exact) mass is 429 g/mol. The van der Waals surface area contributed by atoms with Gasteiger partial charge in [0.05, 0.1) is 10.7 Å². The van der Waals surface area contributed by atoms with Crippen LogP contribution in [0.4, 0.5) is 0 Å². The van der Waals surface area contributed by atoms with E-state index in [0.717, 1.165) is 61.6 Å². The van der Waals surface area contributed by atoms with Crippen molar-refractivity contribution in [2.24, 2.45) is 10.9 Å². The van der Waals surface area contributed by atoms with Gasteiger partial charge in [0.2, 0.25) is 6.79 Å². The molecule has 2 N–H and O–H groups in total. The molecule has 0 amide bonds. The number of aliphatic imine (C=N–C) groups is 1. The molecule has 30 heavy (non-hydrogen) atoms. The number of rotatable bonds is 7. The van der Waals surface area contributed by atoms with Gasteiger partial charge >= 0.3 is 0 Å². The Morgan fingerprint density at radius 3 is 2.83 bits per heavy atom. The zero-order valence-electron chi connectivity index (χ0n) is 17.8. The highest BCUT2D eigenvalue weighted by molar-refractivity contribution is 7.09. The molecule has 7 nitrogen and oxygen atoms in total. The molecule has 2 aromatic rings. The topological polar surface area (TPSA) is 71.0 Å². The van der Waals surface area contributed by atoms with Gasteiger partial charge in [0.15, 0.2) is 17.5 Å². The number of likely N-dealkylation sites (tertiary alicyclic amines) is 1. The van der Waals surface area contributed by atoms with E-state index in [-0.39, 0.29) is 0 Å². The maximum Gasteiger partial charge on any atom is 0.231 e. The molecule has 1 aromatic heterocycles. The Kier molecular flexibility index (Phi) is 7.07. The van der Waals surface area contributed by atoms with Crippen LogP contribution in [0, 0.1) is 12.8 Å². The molecule has 0 atom stereocenters. The molecule has 0 saturated carbocycles. The lowest BCUT2D eigenvalue weighted by Gasteiger charge is -2.31. The number of guanidine groups is 1. The molecular weight excluding hydrogens is 398 g/mol. The first-order chi connectivity index (χ1) is 14.7. The summed E-state index contributed by atoms with van der Waals surface area (Å²) >= 11 is 1.74. The van der Waals surface area contributed by atoms with Gasteiger partial charge in [-0.2, -0.15) is 0 Å². The Bertz CT molecular complexity index is 861. The van der Waals surface area contributed by atoms with Crippen molar-refractivity contribution in [1.82, 2.24) is 20.5 Å². The highest BCUT2D eigenvalue weighted by Crippen LogP contribution is 2.32. The Hall–Kier alpha value is -2.32. The van der Waals surface area contributed by atoms with Crippen LogP contribution in [0.3, 0.4) is 0 Å². The summed E-state index contributed by atoms with van der Waals surface area (Å²) in [4.78, 5) is 11.5. The van der Waals surface area contributed by atoms with Crippen LogP contribution in [0.5, 0.6) is 11.5 Å². The van der Waals surface area contributed by atoms with Gasteiger partial charge in [0, 0.05) is 32.1 Å². The predicted octanol–water partition coefficient (Wildman–Crippen LogP) is 2.80. The molecule has 1 aromatic carbocycles. The largest absolute Gasteiger partial charge is 0.454 e. The lowest BCUT2D eigenvalue weighted by Crippen LogP contribution is -2.43. The maximum atomic E-state index is 5.45. The number of aryl methyl sites for hydroxylation is 1. The number of piperidine rings is 1. The van der Waals surface area contributed by atoms with Gasteiger partial charge < -0.3 is 20.1 Å². The summed E-state index contributed by atoms with van der Waals surface area (Å²) in [5.41, 5.74) is 2.44. The summed E-state index contributed by atoms with van der Waals surface area (Å²) in [5, 5.41) is 10.3. The number of nitrogens with zero attached hydrogens (tertiary/aromatic N) is 3. The van der Waals surface area contributed by atoms with Gasteiger partial charge in [-0.1, -0.05) is 6.07 Å². The first kappa shape index (κ1) is 20.9. The van der Waals surface area contributed by atoms with Crippen molar-refractivity contribution >= 4 is 17.3 Å². The third kappa shape index (κ3) is 5.64. The fraction of sp³-hybridized carbons (Fsp3) is 0.545. The minimum Gasteiger partial charge on any atom is -0.454 e. The van der Waals surface area contributed by atoms with E-state index in [9.17, 15) is 0 Å². The number of hydrogen-bond donors (Lipinski definition) is 2. The minimum absolute atomic E-state index is 0.317. The normalized spacial score (nSPS) is 17.3. The molecule has 8 heteroatoms. The molecule has 0 bridgehead atoms. The molecule has 1 fully saturated rings. The molecule has 0 radical (unpaired) electrons. The van der Waals surface area contributed by atoms with E-state index in [4.69, 9.17) is 9.47 Å². The first-order valence-electron chi connectivity index (χ1n) is 10.7. The van der Waals surface area contributed by atoms with E-state index in [1.54, 1.807) is 11.3 Å². The van der Waals surface area contributed by atoms with Crippen LogP contribution in [0.1, 0.15) is 29.1 Å². The van der Waals surface area contributed by atoms with E-state index >= 15 is 0 Å². The van der Waals surface area contributed by atoms with Crippen molar-refractivity contribution in [3.05, 3.63) is 39.8 Å². The van der Waals surface area contributed by atoms with Crippen molar-refractivity contribution in [3.8, 4) is 11.5 Å². The van der Waals surface area contributed by atoms with Crippen molar-refractivity contribution in [1.29, 1.82) is 0 Å². The van der Waals surface area contributed by atoms with Crippen molar-refractivity contribution in [3.63, 3.8) is 0 Å². The Morgan fingerprint density at radius 2 is 2.07 bits per heavy atom. The van der Waals surface area contributed by atoms with Crippen LogP contribution in [-0.4, -0.2) is 55.9 Å². The second-order valence-electron chi connectivity index (χ2n) is 7.89. The number of benzene rings is 1. The van der Waals surface area contributed by atoms with Gasteiger partial charge in [-0.15, -0.1) is 11.3 Å². The van der Waals surface area contributed by atoms with E-state index in [0.29, 0.717) is 12.7 Å². The van der Waals surface area contributed by atoms with E-state index in [1.165, 1.54) is 24.1 Å². The second kappa shape index (κ2) is 10.1. The highest BCUT2D eigenvalue weighted by Gasteiger charge is 2.20.